The Kier molecular flexibility index (Phi) is 6.21. The number of nitrogens with one attached hydrogen (secondary N) is 1. The van der Waals surface area contributed by atoms with Crippen molar-refractivity contribution >= 4 is 32.5 Å². The molecule has 8 heteroatoms. The number of aromatic nitrogens is 1. The lowest BCUT2D eigenvalue weighted by Crippen LogP contribution is -2.38. The Hall–Kier alpha value is -2.19. The first-order chi connectivity index (χ1) is 14.7. The summed E-state index contributed by atoms with van der Waals surface area (Å²) in [7, 11) is -3.85. The molecule has 1 N–H and O–H groups in total. The fraction of sp³-hybridized carbons (Fsp3) is 0.348. The summed E-state index contributed by atoms with van der Waals surface area (Å²) in [6, 6.07) is 11.8. The maximum atomic E-state index is 13.4. The van der Waals surface area contributed by atoms with Gasteiger partial charge in [-0.15, -0.1) is 0 Å². The number of hydrogen-bond acceptors (Lipinski definition) is 4. The third kappa shape index (κ3) is 4.70. The van der Waals surface area contributed by atoms with Crippen LogP contribution >= 0.6 is 11.6 Å². The van der Waals surface area contributed by atoms with Gasteiger partial charge in [0.15, 0.2) is 0 Å². The number of ether oxygens (including phenoxy) is 1. The normalized spacial score (nSPS) is 17.0. The Balaban J connectivity index is 1.74. The van der Waals surface area contributed by atoms with Crippen LogP contribution < -0.4 is 5.56 Å². The zero-order valence-corrected chi connectivity index (χ0v) is 19.1. The first-order valence-electron chi connectivity index (χ1n) is 10.2. The van der Waals surface area contributed by atoms with E-state index in [4.69, 9.17) is 16.3 Å². The van der Waals surface area contributed by atoms with E-state index in [1.165, 1.54) is 16.4 Å². The fourth-order valence-corrected chi connectivity index (χ4v) is 5.62. The van der Waals surface area contributed by atoms with E-state index < -0.39 is 10.0 Å². The minimum absolute atomic E-state index is 0.0383. The van der Waals surface area contributed by atoms with E-state index in [0.717, 1.165) is 34.9 Å². The van der Waals surface area contributed by atoms with Gasteiger partial charge in [0.05, 0.1) is 11.0 Å². The number of benzene rings is 2. The Morgan fingerprint density at radius 2 is 1.90 bits per heavy atom. The number of hydrogen-bond donors (Lipinski definition) is 1. The lowest BCUT2D eigenvalue weighted by atomic mass is 10.0. The standard InChI is InChI=1S/C23H25ClN2O4S/c1-15-10-16(2)21-12-17(23(27)25-22(21)11-15)13-26(14-19-4-3-9-30-19)31(28,29)20-7-5-18(24)6-8-20/h5-8,10-12,19H,3-4,9,13-14H2,1-2H3,(H,25,27)/t19-/m1/s1. The highest BCUT2D eigenvalue weighted by molar-refractivity contribution is 7.89. The maximum Gasteiger partial charge on any atom is 0.252 e. The van der Waals surface area contributed by atoms with Crippen LogP contribution in [0.2, 0.25) is 5.02 Å². The summed E-state index contributed by atoms with van der Waals surface area (Å²) in [6.07, 6.45) is 1.50. The van der Waals surface area contributed by atoms with E-state index in [2.05, 4.69) is 4.98 Å². The van der Waals surface area contributed by atoms with Crippen molar-refractivity contribution in [2.24, 2.45) is 0 Å². The average molecular weight is 461 g/mol. The van der Waals surface area contributed by atoms with Crippen molar-refractivity contribution in [1.29, 1.82) is 0 Å². The highest BCUT2D eigenvalue weighted by atomic mass is 35.5. The zero-order chi connectivity index (χ0) is 22.2. The highest BCUT2D eigenvalue weighted by Gasteiger charge is 2.30. The SMILES string of the molecule is Cc1cc(C)c2cc(CN(C[C@H]3CCCO3)S(=O)(=O)c3ccc(Cl)cc3)c(=O)[nH]c2c1. The molecule has 1 fully saturated rings. The highest BCUT2D eigenvalue weighted by Crippen LogP contribution is 2.24. The molecule has 1 atom stereocenters. The van der Waals surface area contributed by atoms with Gasteiger partial charge in [0.25, 0.3) is 5.56 Å². The molecule has 164 valence electrons. The zero-order valence-electron chi connectivity index (χ0n) is 17.5. The van der Waals surface area contributed by atoms with Gasteiger partial charge in [0.1, 0.15) is 0 Å². The fourth-order valence-electron chi connectivity index (χ4n) is 4.04. The molecule has 1 aliphatic rings. The van der Waals surface area contributed by atoms with Crippen molar-refractivity contribution in [3.63, 3.8) is 0 Å². The summed E-state index contributed by atoms with van der Waals surface area (Å²) in [5, 5.41) is 1.36. The predicted octanol–water partition coefficient (Wildman–Crippen LogP) is 4.17. The molecule has 2 heterocycles. The van der Waals surface area contributed by atoms with E-state index in [0.29, 0.717) is 17.2 Å². The molecular formula is C23H25ClN2O4S. The van der Waals surface area contributed by atoms with Crippen LogP contribution in [0.1, 0.15) is 29.5 Å². The number of rotatable bonds is 6. The summed E-state index contributed by atoms with van der Waals surface area (Å²) in [5.41, 5.74) is 2.94. The van der Waals surface area contributed by atoms with Gasteiger partial charge in [-0.25, -0.2) is 8.42 Å². The largest absolute Gasteiger partial charge is 0.377 e. The molecular weight excluding hydrogens is 436 g/mol. The first-order valence-corrected chi connectivity index (χ1v) is 12.1. The van der Waals surface area contributed by atoms with Crippen molar-refractivity contribution in [1.82, 2.24) is 9.29 Å². The van der Waals surface area contributed by atoms with Crippen molar-refractivity contribution in [3.8, 4) is 0 Å². The van der Waals surface area contributed by atoms with Crippen molar-refractivity contribution < 1.29 is 13.2 Å². The molecule has 0 unspecified atom stereocenters. The van der Waals surface area contributed by atoms with Gasteiger partial charge in [0.2, 0.25) is 10.0 Å². The number of fused-ring (bicyclic) bond motifs is 1. The van der Waals surface area contributed by atoms with Crippen LogP contribution in [0.3, 0.4) is 0 Å². The van der Waals surface area contributed by atoms with Gasteiger partial charge in [-0.05, 0) is 74.2 Å². The second-order valence-corrected chi connectivity index (χ2v) is 10.4. The van der Waals surface area contributed by atoms with Crippen LogP contribution in [-0.2, 0) is 21.3 Å². The molecule has 4 rings (SSSR count). The number of aryl methyl sites for hydroxylation is 2. The smallest absolute Gasteiger partial charge is 0.252 e. The molecule has 6 nitrogen and oxygen atoms in total. The number of nitrogens with zero attached hydrogens (tertiary/aromatic N) is 1. The molecule has 1 aliphatic heterocycles. The number of H-pyrrole nitrogens is 1. The van der Waals surface area contributed by atoms with Gasteiger partial charge in [-0.3, -0.25) is 4.79 Å². The molecule has 0 bridgehead atoms. The number of aromatic amines is 1. The molecule has 3 aromatic rings. The van der Waals surface area contributed by atoms with Crippen molar-refractivity contribution in [2.45, 2.75) is 44.2 Å². The van der Waals surface area contributed by atoms with Crippen molar-refractivity contribution in [3.05, 3.63) is 74.5 Å². The molecule has 31 heavy (non-hydrogen) atoms. The second kappa shape index (κ2) is 8.74. The minimum atomic E-state index is -3.85. The third-order valence-electron chi connectivity index (χ3n) is 5.62. The topological polar surface area (TPSA) is 79.5 Å². The monoisotopic (exact) mass is 460 g/mol. The third-order valence-corrected chi connectivity index (χ3v) is 7.70. The first kappa shape index (κ1) is 22.0. The van der Waals surface area contributed by atoms with E-state index in [1.807, 2.05) is 26.0 Å². The Morgan fingerprint density at radius 1 is 1.16 bits per heavy atom. The summed E-state index contributed by atoms with van der Waals surface area (Å²) in [6.45, 7) is 4.72. The van der Waals surface area contributed by atoms with Crippen LogP contribution in [0, 0.1) is 13.8 Å². The Labute approximate surface area is 186 Å². The number of sulfonamides is 1. The molecule has 2 aromatic carbocycles. The summed E-state index contributed by atoms with van der Waals surface area (Å²) >= 11 is 5.94. The van der Waals surface area contributed by atoms with E-state index in [1.54, 1.807) is 18.2 Å². The Morgan fingerprint density at radius 3 is 2.58 bits per heavy atom. The molecule has 0 aliphatic carbocycles. The van der Waals surface area contributed by atoms with E-state index >= 15 is 0 Å². The quantitative estimate of drug-likeness (QED) is 0.598. The van der Waals surface area contributed by atoms with Crippen LogP contribution in [-0.4, -0.2) is 37.0 Å². The van der Waals surface area contributed by atoms with Crippen LogP contribution in [0.5, 0.6) is 0 Å². The van der Waals surface area contributed by atoms with Gasteiger partial charge >= 0.3 is 0 Å². The molecule has 0 saturated carbocycles. The summed E-state index contributed by atoms with van der Waals surface area (Å²) < 4.78 is 33.9. The maximum absolute atomic E-state index is 13.4. The number of halogens is 1. The van der Waals surface area contributed by atoms with Gasteiger partial charge in [0, 0.05) is 41.2 Å². The van der Waals surface area contributed by atoms with E-state index in [-0.39, 0.29) is 29.6 Å². The molecule has 1 saturated heterocycles. The van der Waals surface area contributed by atoms with E-state index in [9.17, 15) is 13.2 Å². The molecule has 0 spiro atoms. The van der Waals surface area contributed by atoms with Gasteiger partial charge in [-0.2, -0.15) is 4.31 Å². The lowest BCUT2D eigenvalue weighted by Gasteiger charge is -2.25. The summed E-state index contributed by atoms with van der Waals surface area (Å²) in [4.78, 5) is 15.9. The van der Waals surface area contributed by atoms with Crippen molar-refractivity contribution in [2.75, 3.05) is 13.2 Å². The minimum Gasteiger partial charge on any atom is -0.377 e. The predicted molar refractivity (Wildman–Crippen MR) is 122 cm³/mol. The molecule has 0 radical (unpaired) electrons. The van der Waals surface area contributed by atoms with Gasteiger partial charge < -0.3 is 9.72 Å². The summed E-state index contributed by atoms with van der Waals surface area (Å²) in [5.74, 6) is 0. The van der Waals surface area contributed by atoms with Crippen LogP contribution in [0.15, 0.2) is 52.2 Å². The Bertz CT molecular complexity index is 1260. The van der Waals surface area contributed by atoms with Crippen LogP contribution in [0.25, 0.3) is 10.9 Å². The number of pyridine rings is 1. The molecule has 0 amide bonds. The average Bonchev–Trinajstić information content (AvgIpc) is 3.22. The molecule has 1 aromatic heterocycles. The van der Waals surface area contributed by atoms with Crippen LogP contribution in [0.4, 0.5) is 0 Å². The second-order valence-electron chi connectivity index (χ2n) is 8.05. The van der Waals surface area contributed by atoms with Gasteiger partial charge in [-0.1, -0.05) is 17.7 Å². The lowest BCUT2D eigenvalue weighted by molar-refractivity contribution is 0.0925.